The van der Waals surface area contributed by atoms with Gasteiger partial charge >= 0.3 is 0 Å². The SMILES string of the molecule is C=C1CCCO1.Cl. The molecule has 42 valence electrons. The maximum absolute atomic E-state index is 4.96. The van der Waals surface area contributed by atoms with E-state index in [4.69, 9.17) is 4.74 Å². The van der Waals surface area contributed by atoms with Gasteiger partial charge in [-0.25, -0.2) is 0 Å². The Hall–Kier alpha value is -0.170. The van der Waals surface area contributed by atoms with Crippen molar-refractivity contribution in [2.75, 3.05) is 6.61 Å². The van der Waals surface area contributed by atoms with Crippen molar-refractivity contribution in [3.8, 4) is 0 Å². The molecule has 1 aliphatic rings. The third kappa shape index (κ3) is 1.83. The number of hydrogen-bond donors (Lipinski definition) is 0. The lowest BCUT2D eigenvalue weighted by Gasteiger charge is -1.87. The molecule has 7 heavy (non-hydrogen) atoms. The summed E-state index contributed by atoms with van der Waals surface area (Å²) in [7, 11) is 0. The molecule has 0 aromatic carbocycles. The van der Waals surface area contributed by atoms with Crippen LogP contribution in [-0.4, -0.2) is 6.61 Å². The Labute approximate surface area is 49.8 Å². The highest BCUT2D eigenvalue weighted by Gasteiger charge is 2.01. The van der Waals surface area contributed by atoms with E-state index in [1.807, 2.05) is 0 Å². The number of hydrogen-bond acceptors (Lipinski definition) is 1. The van der Waals surface area contributed by atoms with Crippen LogP contribution in [0.25, 0.3) is 0 Å². The Bertz CT molecular complexity index is 62.5. The van der Waals surface area contributed by atoms with E-state index in [0.29, 0.717) is 0 Å². The second-order valence-corrected chi connectivity index (χ2v) is 1.49. The van der Waals surface area contributed by atoms with E-state index in [0.717, 1.165) is 18.8 Å². The predicted octanol–water partition coefficient (Wildman–Crippen LogP) is 1.73. The average molecular weight is 121 g/mol. The van der Waals surface area contributed by atoms with Crippen molar-refractivity contribution in [1.82, 2.24) is 0 Å². The fourth-order valence-electron chi connectivity index (χ4n) is 0.558. The smallest absolute Gasteiger partial charge is 0.0889 e. The van der Waals surface area contributed by atoms with Gasteiger partial charge in [0.2, 0.25) is 0 Å². The van der Waals surface area contributed by atoms with E-state index in [1.54, 1.807) is 0 Å². The van der Waals surface area contributed by atoms with Crippen LogP contribution in [0.5, 0.6) is 0 Å². The van der Waals surface area contributed by atoms with E-state index in [-0.39, 0.29) is 12.4 Å². The monoisotopic (exact) mass is 120 g/mol. The van der Waals surface area contributed by atoms with Crippen LogP contribution in [0.1, 0.15) is 12.8 Å². The summed E-state index contributed by atoms with van der Waals surface area (Å²) in [5.41, 5.74) is 0. The highest BCUT2D eigenvalue weighted by molar-refractivity contribution is 5.85. The summed E-state index contributed by atoms with van der Waals surface area (Å²) in [6, 6.07) is 0. The summed E-state index contributed by atoms with van der Waals surface area (Å²) in [5.74, 6) is 0.954. The Morgan fingerprint density at radius 3 is 2.43 bits per heavy atom. The molecule has 0 aromatic rings. The van der Waals surface area contributed by atoms with Crippen LogP contribution in [0.2, 0.25) is 0 Å². The lowest BCUT2D eigenvalue weighted by molar-refractivity contribution is 0.265. The van der Waals surface area contributed by atoms with E-state index in [9.17, 15) is 0 Å². The van der Waals surface area contributed by atoms with Gasteiger partial charge in [-0.2, -0.15) is 0 Å². The Balaban J connectivity index is 0.000000360. The van der Waals surface area contributed by atoms with Crippen LogP contribution in [0.4, 0.5) is 0 Å². The predicted molar refractivity (Wildman–Crippen MR) is 31.6 cm³/mol. The second kappa shape index (κ2) is 2.92. The lowest BCUT2D eigenvalue weighted by atomic mass is 10.3. The van der Waals surface area contributed by atoms with E-state index in [2.05, 4.69) is 6.58 Å². The number of ether oxygens (including phenoxy) is 1. The first-order valence-electron chi connectivity index (χ1n) is 2.20. The summed E-state index contributed by atoms with van der Waals surface area (Å²) in [5, 5.41) is 0. The van der Waals surface area contributed by atoms with Gasteiger partial charge < -0.3 is 4.74 Å². The largest absolute Gasteiger partial charge is 0.499 e. The highest BCUT2D eigenvalue weighted by atomic mass is 35.5. The lowest BCUT2D eigenvalue weighted by Crippen LogP contribution is -1.72. The molecule has 1 saturated heterocycles. The minimum absolute atomic E-state index is 0. The normalized spacial score (nSPS) is 18.0. The first kappa shape index (κ1) is 6.83. The van der Waals surface area contributed by atoms with Crippen molar-refractivity contribution >= 4 is 12.4 Å². The molecule has 0 N–H and O–H groups in total. The van der Waals surface area contributed by atoms with Crippen LogP contribution in [0, 0.1) is 0 Å². The molecule has 1 fully saturated rings. The van der Waals surface area contributed by atoms with Gasteiger partial charge in [0.1, 0.15) is 0 Å². The van der Waals surface area contributed by atoms with Gasteiger partial charge in [0.05, 0.1) is 12.4 Å². The molecular weight excluding hydrogens is 112 g/mol. The van der Waals surface area contributed by atoms with Crippen LogP contribution >= 0.6 is 12.4 Å². The summed E-state index contributed by atoms with van der Waals surface area (Å²) >= 11 is 0. The Kier molecular flexibility index (Phi) is 2.84. The van der Waals surface area contributed by atoms with Crippen LogP contribution in [0.3, 0.4) is 0 Å². The quantitative estimate of drug-likeness (QED) is 0.473. The number of allylic oxidation sites excluding steroid dienone is 1. The minimum atomic E-state index is 0. The van der Waals surface area contributed by atoms with Gasteiger partial charge in [0.15, 0.2) is 0 Å². The molecule has 0 aliphatic carbocycles. The van der Waals surface area contributed by atoms with Crippen molar-refractivity contribution in [2.24, 2.45) is 0 Å². The van der Waals surface area contributed by atoms with Crippen LogP contribution in [-0.2, 0) is 4.74 Å². The summed E-state index contributed by atoms with van der Waals surface area (Å²) in [4.78, 5) is 0. The molecule has 0 amide bonds. The fourth-order valence-corrected chi connectivity index (χ4v) is 0.558. The maximum Gasteiger partial charge on any atom is 0.0889 e. The first-order valence-corrected chi connectivity index (χ1v) is 2.20. The Morgan fingerprint density at radius 2 is 2.29 bits per heavy atom. The van der Waals surface area contributed by atoms with E-state index >= 15 is 0 Å². The molecule has 0 aromatic heterocycles. The third-order valence-corrected chi connectivity index (χ3v) is 0.906. The van der Waals surface area contributed by atoms with Crippen molar-refractivity contribution < 1.29 is 4.74 Å². The van der Waals surface area contributed by atoms with Gasteiger partial charge in [-0.1, -0.05) is 6.58 Å². The van der Waals surface area contributed by atoms with Crippen molar-refractivity contribution in [1.29, 1.82) is 0 Å². The van der Waals surface area contributed by atoms with Gasteiger partial charge in [-0.3, -0.25) is 0 Å². The molecule has 1 rings (SSSR count). The van der Waals surface area contributed by atoms with Gasteiger partial charge in [0.25, 0.3) is 0 Å². The zero-order valence-corrected chi connectivity index (χ0v) is 4.96. The van der Waals surface area contributed by atoms with Crippen molar-refractivity contribution in [3.63, 3.8) is 0 Å². The topological polar surface area (TPSA) is 9.23 Å². The molecule has 0 atom stereocenters. The third-order valence-electron chi connectivity index (χ3n) is 0.906. The summed E-state index contributed by atoms with van der Waals surface area (Å²) < 4.78 is 4.96. The number of halogens is 1. The molecule has 0 spiro atoms. The molecule has 2 heteroatoms. The molecule has 0 radical (unpaired) electrons. The average Bonchev–Trinajstić information content (AvgIpc) is 1.86. The maximum atomic E-state index is 4.96. The highest BCUT2D eigenvalue weighted by Crippen LogP contribution is 2.11. The first-order chi connectivity index (χ1) is 2.89. The van der Waals surface area contributed by atoms with E-state index < -0.39 is 0 Å². The molecule has 1 aliphatic heterocycles. The van der Waals surface area contributed by atoms with Crippen LogP contribution in [0.15, 0.2) is 12.3 Å². The Morgan fingerprint density at radius 1 is 1.57 bits per heavy atom. The van der Waals surface area contributed by atoms with Crippen molar-refractivity contribution in [2.45, 2.75) is 12.8 Å². The molecule has 0 unspecified atom stereocenters. The van der Waals surface area contributed by atoms with Crippen molar-refractivity contribution in [3.05, 3.63) is 12.3 Å². The standard InChI is InChI=1S/C5H8O.ClH/c1-5-3-2-4-6-5;/h1-4H2;1H. The molecule has 1 heterocycles. The molecule has 0 bridgehead atoms. The summed E-state index contributed by atoms with van der Waals surface area (Å²) in [6.07, 6.45) is 2.23. The van der Waals surface area contributed by atoms with Gasteiger partial charge in [-0.15, -0.1) is 12.4 Å². The zero-order valence-electron chi connectivity index (χ0n) is 4.14. The van der Waals surface area contributed by atoms with Crippen LogP contribution < -0.4 is 0 Å². The minimum Gasteiger partial charge on any atom is -0.499 e. The number of rotatable bonds is 0. The fraction of sp³-hybridized carbons (Fsp3) is 0.600. The second-order valence-electron chi connectivity index (χ2n) is 1.49. The van der Waals surface area contributed by atoms with Gasteiger partial charge in [-0.05, 0) is 6.42 Å². The van der Waals surface area contributed by atoms with E-state index in [1.165, 1.54) is 6.42 Å². The molecular formula is C5H9ClO. The summed E-state index contributed by atoms with van der Waals surface area (Å²) in [6.45, 7) is 4.52. The molecule has 0 saturated carbocycles. The molecule has 1 nitrogen and oxygen atoms in total. The zero-order chi connectivity index (χ0) is 4.41. The van der Waals surface area contributed by atoms with Gasteiger partial charge in [0, 0.05) is 6.42 Å².